The van der Waals surface area contributed by atoms with Crippen LogP contribution in [-0.4, -0.2) is 38.6 Å². The van der Waals surface area contributed by atoms with Gasteiger partial charge in [0.1, 0.15) is 0 Å². The molecule has 0 aliphatic rings. The molecule has 206 valence electrons. The predicted octanol–water partition coefficient (Wildman–Crippen LogP) is 4.37. The molecule has 0 saturated heterocycles. The van der Waals surface area contributed by atoms with Crippen LogP contribution in [-0.2, 0) is 37.2 Å². The van der Waals surface area contributed by atoms with E-state index in [1.54, 1.807) is 12.1 Å². The highest BCUT2D eigenvalue weighted by molar-refractivity contribution is 7.89. The molecule has 0 heterocycles. The maximum Gasteiger partial charge on any atom is 0.305 e. The minimum absolute atomic E-state index is 0.0834. The lowest BCUT2D eigenvalue weighted by molar-refractivity contribution is -0.143. The van der Waals surface area contributed by atoms with Gasteiger partial charge in [-0.25, -0.2) is 13.1 Å². The first-order chi connectivity index (χ1) is 18.8. The molecule has 3 N–H and O–H groups in total. The number of benzene rings is 3. The Hall–Kier alpha value is -3.60. The summed E-state index contributed by atoms with van der Waals surface area (Å²) in [6.07, 6.45) is 2.78. The maximum absolute atomic E-state index is 12.5. The van der Waals surface area contributed by atoms with Crippen LogP contribution >= 0.6 is 12.2 Å². The number of carbonyl (C=O) groups excluding carboxylic acids is 2. The predicted molar refractivity (Wildman–Crippen MR) is 156 cm³/mol. The zero-order chi connectivity index (χ0) is 27.9. The number of ether oxygens (including phenoxy) is 1. The van der Waals surface area contributed by atoms with Crippen LogP contribution in [0.2, 0.25) is 0 Å². The van der Waals surface area contributed by atoms with Gasteiger partial charge in [-0.1, -0.05) is 60.7 Å². The van der Waals surface area contributed by atoms with E-state index >= 15 is 0 Å². The lowest BCUT2D eigenvalue weighted by Crippen LogP contribution is -2.34. The number of carbonyl (C=O) groups is 2. The van der Waals surface area contributed by atoms with Crippen LogP contribution in [0.4, 0.5) is 5.69 Å². The van der Waals surface area contributed by atoms with Crippen molar-refractivity contribution < 1.29 is 22.7 Å². The van der Waals surface area contributed by atoms with Gasteiger partial charge >= 0.3 is 5.97 Å². The topological polar surface area (TPSA) is 114 Å². The highest BCUT2D eigenvalue weighted by atomic mass is 32.2. The van der Waals surface area contributed by atoms with Crippen LogP contribution in [0.1, 0.15) is 36.8 Å². The fourth-order valence-electron chi connectivity index (χ4n) is 3.70. The zero-order valence-corrected chi connectivity index (χ0v) is 23.2. The highest BCUT2D eigenvalue weighted by Gasteiger charge is 2.14. The largest absolute Gasteiger partial charge is 0.466 e. The van der Waals surface area contributed by atoms with Crippen molar-refractivity contribution in [1.29, 1.82) is 0 Å². The zero-order valence-electron chi connectivity index (χ0n) is 21.6. The first-order valence-electron chi connectivity index (χ1n) is 12.8. The summed E-state index contributed by atoms with van der Waals surface area (Å²) in [5.74, 6) is -0.660. The minimum atomic E-state index is -3.65. The van der Waals surface area contributed by atoms with Crippen molar-refractivity contribution in [1.82, 2.24) is 10.0 Å². The van der Waals surface area contributed by atoms with Crippen molar-refractivity contribution in [2.75, 3.05) is 18.5 Å². The quantitative estimate of drug-likeness (QED) is 0.151. The molecule has 0 aromatic heterocycles. The van der Waals surface area contributed by atoms with Crippen LogP contribution in [0.15, 0.2) is 89.8 Å². The molecule has 10 heteroatoms. The SMILES string of the molecule is O=C(CCCC(=O)OCCCc1ccccc1)NC(=S)Nc1ccc(S(=O)(=O)NCCc2ccccc2)cc1. The van der Waals surface area contributed by atoms with Gasteiger partial charge in [-0.05, 0) is 73.3 Å². The molecule has 0 saturated carbocycles. The van der Waals surface area contributed by atoms with Gasteiger partial charge in [-0.3, -0.25) is 9.59 Å². The Morgan fingerprint density at radius 2 is 1.38 bits per heavy atom. The van der Waals surface area contributed by atoms with E-state index in [9.17, 15) is 18.0 Å². The molecule has 0 spiro atoms. The van der Waals surface area contributed by atoms with Crippen molar-refractivity contribution in [3.05, 3.63) is 96.1 Å². The van der Waals surface area contributed by atoms with Crippen LogP contribution in [0.3, 0.4) is 0 Å². The molecule has 39 heavy (non-hydrogen) atoms. The van der Waals surface area contributed by atoms with Crippen molar-refractivity contribution in [3.8, 4) is 0 Å². The van der Waals surface area contributed by atoms with Crippen LogP contribution in [0.25, 0.3) is 0 Å². The number of nitrogens with one attached hydrogen (secondary N) is 3. The van der Waals surface area contributed by atoms with Crippen LogP contribution in [0.5, 0.6) is 0 Å². The number of hydrogen-bond donors (Lipinski definition) is 3. The Morgan fingerprint density at radius 1 is 0.769 bits per heavy atom. The van der Waals surface area contributed by atoms with E-state index in [1.165, 1.54) is 17.7 Å². The van der Waals surface area contributed by atoms with Gasteiger partial charge in [-0.2, -0.15) is 0 Å². The molecule has 8 nitrogen and oxygen atoms in total. The standard InChI is InChI=1S/C29H33N3O5S2/c33-27(14-7-15-28(34)37-22-8-13-23-9-3-1-4-10-23)32-29(38)31-25-16-18-26(19-17-25)39(35,36)30-21-20-24-11-5-2-6-12-24/h1-6,9-12,16-19,30H,7-8,13-15,20-22H2,(H2,31,32,33,38). The number of esters is 1. The molecule has 0 fully saturated rings. The molecular weight excluding hydrogens is 534 g/mol. The second-order valence-electron chi connectivity index (χ2n) is 8.82. The number of aryl methyl sites for hydroxylation is 1. The van der Waals surface area contributed by atoms with Crippen molar-refractivity contribution in [2.24, 2.45) is 0 Å². The van der Waals surface area contributed by atoms with Crippen LogP contribution < -0.4 is 15.4 Å². The van der Waals surface area contributed by atoms with Crippen molar-refractivity contribution in [2.45, 2.75) is 43.4 Å². The van der Waals surface area contributed by atoms with Gasteiger partial charge in [0.2, 0.25) is 15.9 Å². The summed E-state index contributed by atoms with van der Waals surface area (Å²) in [7, 11) is -3.65. The molecule has 3 rings (SSSR count). The summed E-state index contributed by atoms with van der Waals surface area (Å²) >= 11 is 5.17. The van der Waals surface area contributed by atoms with E-state index in [4.69, 9.17) is 17.0 Å². The third-order valence-electron chi connectivity index (χ3n) is 5.72. The fourth-order valence-corrected chi connectivity index (χ4v) is 4.96. The van der Waals surface area contributed by atoms with Gasteiger partial charge in [0.05, 0.1) is 11.5 Å². The normalized spacial score (nSPS) is 11.0. The third-order valence-corrected chi connectivity index (χ3v) is 7.41. The average molecular weight is 568 g/mol. The van der Waals surface area contributed by atoms with E-state index < -0.39 is 10.0 Å². The second-order valence-corrected chi connectivity index (χ2v) is 11.0. The minimum Gasteiger partial charge on any atom is -0.466 e. The molecule has 0 bridgehead atoms. The second kappa shape index (κ2) is 15.7. The Morgan fingerprint density at radius 3 is 2.03 bits per heavy atom. The maximum atomic E-state index is 12.5. The fraction of sp³-hybridized carbons (Fsp3) is 0.276. The van der Waals surface area contributed by atoms with Gasteiger partial charge < -0.3 is 15.4 Å². The summed E-state index contributed by atoms with van der Waals surface area (Å²) in [6, 6.07) is 25.7. The van der Waals surface area contributed by atoms with Gasteiger partial charge in [0.15, 0.2) is 5.11 Å². The van der Waals surface area contributed by atoms with E-state index in [0.29, 0.717) is 25.1 Å². The number of rotatable bonds is 14. The molecule has 0 atom stereocenters. The lowest BCUT2D eigenvalue weighted by atomic mass is 10.1. The molecule has 0 aliphatic carbocycles. The Balaban J connectivity index is 1.30. The number of amides is 1. The molecule has 0 aliphatic heterocycles. The van der Waals surface area contributed by atoms with Gasteiger partial charge in [0.25, 0.3) is 0 Å². The first kappa shape index (κ1) is 29.9. The van der Waals surface area contributed by atoms with Crippen molar-refractivity contribution >= 4 is 44.9 Å². The van der Waals surface area contributed by atoms with Crippen molar-refractivity contribution in [3.63, 3.8) is 0 Å². The summed E-state index contributed by atoms with van der Waals surface area (Å²) < 4.78 is 32.9. The molecule has 1 amide bonds. The molecular formula is C29H33N3O5S2. The average Bonchev–Trinajstić information content (AvgIpc) is 2.92. The number of anilines is 1. The van der Waals surface area contributed by atoms with Gasteiger partial charge in [0, 0.05) is 25.1 Å². The van der Waals surface area contributed by atoms with E-state index in [1.807, 2.05) is 60.7 Å². The van der Waals surface area contributed by atoms with Gasteiger partial charge in [-0.15, -0.1) is 0 Å². The monoisotopic (exact) mass is 567 g/mol. The molecule has 0 unspecified atom stereocenters. The lowest BCUT2D eigenvalue weighted by Gasteiger charge is -2.11. The summed E-state index contributed by atoms with van der Waals surface area (Å²) in [6.45, 7) is 0.631. The Labute approximate surface area is 235 Å². The van der Waals surface area contributed by atoms with Crippen LogP contribution in [0, 0.1) is 0 Å². The number of sulfonamides is 1. The number of hydrogen-bond acceptors (Lipinski definition) is 6. The molecule has 0 radical (unpaired) electrons. The number of thiocarbonyl (C=S) groups is 1. The summed E-state index contributed by atoms with van der Waals surface area (Å²) in [5.41, 5.74) is 2.77. The smallest absolute Gasteiger partial charge is 0.305 e. The summed E-state index contributed by atoms with van der Waals surface area (Å²) in [4.78, 5) is 24.2. The Kier molecular flexibility index (Phi) is 12.1. The summed E-state index contributed by atoms with van der Waals surface area (Å²) in [5, 5.41) is 5.50. The van der Waals surface area contributed by atoms with E-state index in [0.717, 1.165) is 18.4 Å². The Bertz CT molecular complexity index is 1320. The third kappa shape index (κ3) is 11.4. The molecule has 3 aromatic carbocycles. The van der Waals surface area contributed by atoms with E-state index in [-0.39, 0.29) is 41.3 Å². The highest BCUT2D eigenvalue weighted by Crippen LogP contribution is 2.14. The van der Waals surface area contributed by atoms with E-state index in [2.05, 4.69) is 15.4 Å². The first-order valence-corrected chi connectivity index (χ1v) is 14.6. The molecule has 3 aromatic rings.